The van der Waals surface area contributed by atoms with Crippen molar-refractivity contribution < 1.29 is 22.4 Å². The Kier molecular flexibility index (Phi) is 6.99. The van der Waals surface area contributed by atoms with Crippen molar-refractivity contribution >= 4 is 21.8 Å². The zero-order valence-corrected chi connectivity index (χ0v) is 16.8. The predicted molar refractivity (Wildman–Crippen MR) is 110 cm³/mol. The van der Waals surface area contributed by atoms with Crippen molar-refractivity contribution in [1.29, 1.82) is 0 Å². The highest BCUT2D eigenvalue weighted by atomic mass is 32.2. The summed E-state index contributed by atoms with van der Waals surface area (Å²) in [6.07, 6.45) is 2.05. The first-order chi connectivity index (χ1) is 14.4. The molecule has 2 amide bonds. The number of amides is 2. The van der Waals surface area contributed by atoms with Crippen LogP contribution >= 0.6 is 0 Å². The number of hydrogen-bond donors (Lipinski definition) is 3. The van der Waals surface area contributed by atoms with Crippen LogP contribution in [0.25, 0.3) is 0 Å². The third-order valence-electron chi connectivity index (χ3n) is 4.21. The molecule has 9 heteroatoms. The molecule has 0 saturated heterocycles. The lowest BCUT2D eigenvalue weighted by atomic mass is 10.2. The summed E-state index contributed by atoms with van der Waals surface area (Å²) in [5.74, 6) is -0.355. The summed E-state index contributed by atoms with van der Waals surface area (Å²) >= 11 is 0. The third kappa shape index (κ3) is 6.03. The minimum atomic E-state index is -3.81. The molecule has 0 aliphatic heterocycles. The second kappa shape index (κ2) is 9.86. The van der Waals surface area contributed by atoms with E-state index in [2.05, 4.69) is 15.6 Å². The van der Waals surface area contributed by atoms with Gasteiger partial charge in [0.1, 0.15) is 5.76 Å². The van der Waals surface area contributed by atoms with E-state index in [-0.39, 0.29) is 23.4 Å². The smallest absolute Gasteiger partial charge is 0.269 e. The van der Waals surface area contributed by atoms with Crippen LogP contribution in [0.1, 0.15) is 28.1 Å². The summed E-state index contributed by atoms with van der Waals surface area (Å²) in [6.45, 7) is 0.130. The maximum atomic E-state index is 12.5. The maximum Gasteiger partial charge on any atom is 0.269 e. The molecule has 0 unspecified atom stereocenters. The van der Waals surface area contributed by atoms with Crippen LogP contribution in [0.5, 0.6) is 0 Å². The largest absolute Gasteiger partial charge is 0.469 e. The molecule has 0 aliphatic rings. The summed E-state index contributed by atoms with van der Waals surface area (Å²) in [7, 11) is -3.81. The van der Waals surface area contributed by atoms with E-state index in [1.54, 1.807) is 24.3 Å². The van der Waals surface area contributed by atoms with Gasteiger partial charge >= 0.3 is 0 Å². The average Bonchev–Trinajstić information content (AvgIpc) is 3.29. The number of hydrazine groups is 1. The van der Waals surface area contributed by atoms with E-state index in [1.807, 2.05) is 18.2 Å². The maximum absolute atomic E-state index is 12.5. The van der Waals surface area contributed by atoms with Gasteiger partial charge in [-0.3, -0.25) is 20.4 Å². The van der Waals surface area contributed by atoms with Crippen molar-refractivity contribution in [3.05, 3.63) is 89.9 Å². The predicted octanol–water partition coefficient (Wildman–Crippen LogP) is 2.15. The summed E-state index contributed by atoms with van der Waals surface area (Å²) in [5, 5.41) is 0. The fourth-order valence-electron chi connectivity index (χ4n) is 2.61. The molecule has 3 rings (SSSR count). The zero-order chi connectivity index (χ0) is 21.4. The molecule has 0 spiro atoms. The van der Waals surface area contributed by atoms with Crippen LogP contribution in [0.2, 0.25) is 0 Å². The molecule has 8 nitrogen and oxygen atoms in total. The Morgan fingerprint density at radius 3 is 2.43 bits per heavy atom. The second-order valence-corrected chi connectivity index (χ2v) is 8.19. The van der Waals surface area contributed by atoms with Crippen LogP contribution in [0.3, 0.4) is 0 Å². The number of nitrogens with one attached hydrogen (secondary N) is 3. The molecule has 0 radical (unpaired) electrons. The number of benzene rings is 2. The fourth-order valence-corrected chi connectivity index (χ4v) is 3.68. The minimum Gasteiger partial charge on any atom is -0.469 e. The van der Waals surface area contributed by atoms with Gasteiger partial charge in [-0.15, -0.1) is 0 Å². The Balaban J connectivity index is 1.55. The topological polar surface area (TPSA) is 118 Å². The van der Waals surface area contributed by atoms with Crippen LogP contribution in [0.15, 0.2) is 82.3 Å². The molecule has 0 aliphatic carbocycles. The third-order valence-corrected chi connectivity index (χ3v) is 5.61. The Labute approximate surface area is 174 Å². The van der Waals surface area contributed by atoms with Gasteiger partial charge in [0, 0.05) is 24.9 Å². The molecule has 0 bridgehead atoms. The molecule has 156 valence electrons. The quantitative estimate of drug-likeness (QED) is 0.476. The van der Waals surface area contributed by atoms with Crippen LogP contribution in [0.4, 0.5) is 0 Å². The van der Waals surface area contributed by atoms with Gasteiger partial charge in [0.25, 0.3) is 5.91 Å². The van der Waals surface area contributed by atoms with E-state index >= 15 is 0 Å². The highest BCUT2D eigenvalue weighted by Gasteiger charge is 2.16. The van der Waals surface area contributed by atoms with Crippen molar-refractivity contribution in [2.24, 2.45) is 0 Å². The number of carbonyl (C=O) groups is 2. The molecule has 3 aromatic rings. The molecule has 0 fully saturated rings. The molecule has 2 aromatic carbocycles. The standard InChI is InChI=1S/C21H21N3O5S/c25-20(12-11-18-9-5-13-29-18)23-24-21(26)17-8-4-10-19(14-17)30(27,28)22-15-16-6-2-1-3-7-16/h1-10,13-14,22H,11-12,15H2,(H,23,25)(H,24,26). The van der Waals surface area contributed by atoms with Crippen molar-refractivity contribution in [2.45, 2.75) is 24.3 Å². The van der Waals surface area contributed by atoms with Gasteiger partial charge in [-0.25, -0.2) is 13.1 Å². The second-order valence-electron chi connectivity index (χ2n) is 6.42. The van der Waals surface area contributed by atoms with Crippen LogP contribution in [0, 0.1) is 0 Å². The first-order valence-electron chi connectivity index (χ1n) is 9.19. The lowest BCUT2D eigenvalue weighted by Gasteiger charge is -2.10. The molecule has 0 atom stereocenters. The van der Waals surface area contributed by atoms with Crippen molar-refractivity contribution in [3.63, 3.8) is 0 Å². The lowest BCUT2D eigenvalue weighted by Crippen LogP contribution is -2.41. The highest BCUT2D eigenvalue weighted by molar-refractivity contribution is 7.89. The van der Waals surface area contributed by atoms with E-state index < -0.39 is 21.8 Å². The summed E-state index contributed by atoms with van der Waals surface area (Å²) in [4.78, 5) is 24.1. The minimum absolute atomic E-state index is 0.0461. The van der Waals surface area contributed by atoms with Crippen molar-refractivity contribution in [3.8, 4) is 0 Å². The van der Waals surface area contributed by atoms with Crippen LogP contribution < -0.4 is 15.6 Å². The van der Waals surface area contributed by atoms with Gasteiger partial charge in [0.2, 0.25) is 15.9 Å². The molecular weight excluding hydrogens is 406 g/mol. The molecule has 30 heavy (non-hydrogen) atoms. The van der Waals surface area contributed by atoms with Crippen LogP contribution in [-0.4, -0.2) is 20.2 Å². The number of carbonyl (C=O) groups excluding carboxylic acids is 2. The van der Waals surface area contributed by atoms with Crippen molar-refractivity contribution in [1.82, 2.24) is 15.6 Å². The molecule has 3 N–H and O–H groups in total. The summed E-state index contributed by atoms with van der Waals surface area (Å²) < 4.78 is 32.7. The molecule has 0 saturated carbocycles. The number of aryl methyl sites for hydroxylation is 1. The van der Waals surface area contributed by atoms with E-state index in [0.717, 1.165) is 5.56 Å². The first kappa shape index (κ1) is 21.3. The molecule has 1 aromatic heterocycles. The van der Waals surface area contributed by atoms with E-state index in [0.29, 0.717) is 12.2 Å². The van der Waals surface area contributed by atoms with Crippen molar-refractivity contribution in [2.75, 3.05) is 0 Å². The van der Waals surface area contributed by atoms with E-state index in [4.69, 9.17) is 4.42 Å². The Hall–Kier alpha value is -3.43. The number of rotatable bonds is 8. The monoisotopic (exact) mass is 427 g/mol. The van der Waals surface area contributed by atoms with Crippen LogP contribution in [-0.2, 0) is 27.8 Å². The Bertz CT molecular complexity index is 1100. The van der Waals surface area contributed by atoms with Gasteiger partial charge in [-0.05, 0) is 35.9 Å². The van der Waals surface area contributed by atoms with Gasteiger partial charge in [0.15, 0.2) is 0 Å². The van der Waals surface area contributed by atoms with Gasteiger partial charge < -0.3 is 4.42 Å². The van der Waals surface area contributed by atoms with E-state index in [9.17, 15) is 18.0 Å². The fraction of sp³-hybridized carbons (Fsp3) is 0.143. The zero-order valence-electron chi connectivity index (χ0n) is 16.0. The summed E-state index contributed by atoms with van der Waals surface area (Å²) in [6, 6.07) is 18.1. The Morgan fingerprint density at radius 2 is 1.70 bits per heavy atom. The first-order valence-corrected chi connectivity index (χ1v) is 10.7. The average molecular weight is 427 g/mol. The molecular formula is C21H21N3O5S. The Morgan fingerprint density at radius 1 is 0.900 bits per heavy atom. The van der Waals surface area contributed by atoms with E-state index in [1.165, 1.54) is 30.5 Å². The molecule has 1 heterocycles. The highest BCUT2D eigenvalue weighted by Crippen LogP contribution is 2.12. The lowest BCUT2D eigenvalue weighted by molar-refractivity contribution is -0.121. The number of sulfonamides is 1. The SMILES string of the molecule is O=C(CCc1ccco1)NNC(=O)c1cccc(S(=O)(=O)NCc2ccccc2)c1. The summed E-state index contributed by atoms with van der Waals surface area (Å²) in [5.41, 5.74) is 5.50. The number of furan rings is 1. The normalized spacial score (nSPS) is 11.1. The van der Waals surface area contributed by atoms with Gasteiger partial charge in [0.05, 0.1) is 11.2 Å². The van der Waals surface area contributed by atoms with Gasteiger partial charge in [-0.2, -0.15) is 0 Å². The van der Waals surface area contributed by atoms with Gasteiger partial charge in [-0.1, -0.05) is 36.4 Å². The number of hydrogen-bond acceptors (Lipinski definition) is 5.